The van der Waals surface area contributed by atoms with Crippen LogP contribution in [0.3, 0.4) is 0 Å². The number of thiazole rings is 1. The van der Waals surface area contributed by atoms with Crippen LogP contribution in [0.15, 0.2) is 9.82 Å². The van der Waals surface area contributed by atoms with Gasteiger partial charge in [0.15, 0.2) is 0 Å². The molecule has 10 heteroatoms. The number of hydrogen-bond donors (Lipinski definition) is 1. The third kappa shape index (κ3) is 2.78. The Bertz CT molecular complexity index is 1060. The third-order valence-corrected chi connectivity index (χ3v) is 11.2. The summed E-state index contributed by atoms with van der Waals surface area (Å²) < 4.78 is 5.30. The number of morpholine rings is 1. The molecule has 4 heterocycles. The fraction of sp³-hybridized carbons (Fsp3) is 0.727. The quantitative estimate of drug-likeness (QED) is 0.659. The van der Waals surface area contributed by atoms with Crippen molar-refractivity contribution in [2.24, 2.45) is 29.6 Å². The second kappa shape index (κ2) is 7.17. The number of aromatic nitrogens is 1. The predicted octanol–water partition coefficient (Wildman–Crippen LogP) is 1.30. The minimum Gasteiger partial charge on any atom is -0.378 e. The van der Waals surface area contributed by atoms with Gasteiger partial charge in [0.1, 0.15) is 0 Å². The van der Waals surface area contributed by atoms with Crippen molar-refractivity contribution in [3.63, 3.8) is 0 Å². The molecular weight excluding hydrogens is 450 g/mol. The second-order valence-corrected chi connectivity index (χ2v) is 12.4. The van der Waals surface area contributed by atoms with Crippen LogP contribution in [0.25, 0.3) is 0 Å². The molecule has 5 aliphatic rings. The maximum atomic E-state index is 13.4. The Hall–Kier alpha value is -1.65. The summed E-state index contributed by atoms with van der Waals surface area (Å²) in [7, 11) is 0. The molecule has 1 aromatic heterocycles. The highest BCUT2D eigenvalue weighted by atomic mass is 32.2. The van der Waals surface area contributed by atoms with Gasteiger partial charge in [-0.3, -0.25) is 24.1 Å². The van der Waals surface area contributed by atoms with Crippen molar-refractivity contribution < 1.29 is 19.1 Å². The van der Waals surface area contributed by atoms with E-state index in [1.165, 1.54) is 16.2 Å². The monoisotopic (exact) mass is 477 g/mol. The van der Waals surface area contributed by atoms with Gasteiger partial charge in [0.2, 0.25) is 17.7 Å². The van der Waals surface area contributed by atoms with E-state index < -0.39 is 0 Å². The Kier molecular flexibility index (Phi) is 4.69. The SMILES string of the molecule is CC1(C)c2sc(=O)[nH]c2S[C@H]2[C@@H]3C[C@H]([C@H]4C(=O)N(CCC(=O)N5CCOCC5)C(=O)[C@H]34)[C@H]21. The number of H-pyrrole nitrogens is 1. The summed E-state index contributed by atoms with van der Waals surface area (Å²) in [5.74, 6) is -0.186. The van der Waals surface area contributed by atoms with E-state index >= 15 is 0 Å². The molecule has 172 valence electrons. The Labute approximate surface area is 194 Å². The number of aromatic amines is 1. The highest BCUT2D eigenvalue weighted by molar-refractivity contribution is 8.00. The van der Waals surface area contributed by atoms with Crippen molar-refractivity contribution in [3.05, 3.63) is 14.5 Å². The van der Waals surface area contributed by atoms with Crippen molar-refractivity contribution >= 4 is 40.8 Å². The van der Waals surface area contributed by atoms with Crippen LogP contribution in [0.2, 0.25) is 0 Å². The van der Waals surface area contributed by atoms with Gasteiger partial charge >= 0.3 is 4.87 Å². The average Bonchev–Trinajstić information content (AvgIpc) is 3.49. The molecule has 3 amide bonds. The predicted molar refractivity (Wildman–Crippen MR) is 118 cm³/mol. The van der Waals surface area contributed by atoms with Gasteiger partial charge in [0, 0.05) is 41.6 Å². The number of imide groups is 1. The molecule has 1 N–H and O–H groups in total. The van der Waals surface area contributed by atoms with Crippen molar-refractivity contribution in [2.75, 3.05) is 32.8 Å². The smallest absolute Gasteiger partial charge is 0.305 e. The minimum atomic E-state index is -0.276. The number of rotatable bonds is 3. The van der Waals surface area contributed by atoms with Gasteiger partial charge in [0.25, 0.3) is 0 Å². The molecule has 2 bridgehead atoms. The van der Waals surface area contributed by atoms with Gasteiger partial charge in [-0.05, 0) is 24.2 Å². The lowest BCUT2D eigenvalue weighted by atomic mass is 9.64. The van der Waals surface area contributed by atoms with Gasteiger partial charge in [0.05, 0.1) is 30.1 Å². The maximum absolute atomic E-state index is 13.4. The number of carbonyl (C=O) groups excluding carboxylic acids is 3. The molecule has 0 spiro atoms. The highest BCUT2D eigenvalue weighted by Gasteiger charge is 2.70. The van der Waals surface area contributed by atoms with Gasteiger partial charge in [-0.1, -0.05) is 25.2 Å². The van der Waals surface area contributed by atoms with Crippen LogP contribution >= 0.6 is 23.1 Å². The van der Waals surface area contributed by atoms with Crippen molar-refractivity contribution in [1.29, 1.82) is 0 Å². The normalized spacial score (nSPS) is 36.9. The molecule has 2 saturated heterocycles. The number of fused-ring (bicyclic) bond motifs is 9. The fourth-order valence-electron chi connectivity index (χ4n) is 7.11. The van der Waals surface area contributed by atoms with Gasteiger partial charge in [-0.15, -0.1) is 11.8 Å². The third-order valence-electron chi connectivity index (χ3n) is 8.40. The van der Waals surface area contributed by atoms with E-state index in [0.717, 1.165) is 16.3 Å². The van der Waals surface area contributed by atoms with Gasteiger partial charge in [-0.25, -0.2) is 0 Å². The summed E-state index contributed by atoms with van der Waals surface area (Å²) in [6.07, 6.45) is 1.08. The number of nitrogens with zero attached hydrogens (tertiary/aromatic N) is 2. The molecule has 6 rings (SSSR count). The first kappa shape index (κ1) is 20.9. The molecule has 0 aromatic carbocycles. The van der Waals surface area contributed by atoms with Crippen molar-refractivity contribution in [1.82, 2.24) is 14.8 Å². The summed E-state index contributed by atoms with van der Waals surface area (Å²) in [6.45, 7) is 6.75. The number of hydrogen-bond acceptors (Lipinski definition) is 7. The zero-order chi connectivity index (χ0) is 22.4. The molecule has 2 aliphatic carbocycles. The molecule has 4 fully saturated rings. The topological polar surface area (TPSA) is 99.8 Å². The molecule has 3 aliphatic heterocycles. The van der Waals surface area contributed by atoms with E-state index in [4.69, 9.17) is 4.74 Å². The minimum absolute atomic E-state index is 0.0207. The van der Waals surface area contributed by atoms with Crippen LogP contribution < -0.4 is 4.87 Å². The number of ether oxygens (including phenoxy) is 1. The Morgan fingerprint density at radius 1 is 1.12 bits per heavy atom. The Morgan fingerprint density at radius 2 is 1.81 bits per heavy atom. The van der Waals surface area contributed by atoms with Crippen LogP contribution in [0.4, 0.5) is 0 Å². The molecule has 8 nitrogen and oxygen atoms in total. The Balaban J connectivity index is 1.23. The number of amides is 3. The van der Waals surface area contributed by atoms with E-state index in [1.54, 1.807) is 16.7 Å². The van der Waals surface area contributed by atoms with E-state index in [0.29, 0.717) is 26.3 Å². The summed E-state index contributed by atoms with van der Waals surface area (Å²) in [4.78, 5) is 58.5. The summed E-state index contributed by atoms with van der Waals surface area (Å²) in [5.41, 5.74) is -0.206. The fourth-order valence-corrected chi connectivity index (χ4v) is 10.3. The van der Waals surface area contributed by atoms with Gasteiger partial charge in [-0.2, -0.15) is 0 Å². The molecule has 32 heavy (non-hydrogen) atoms. The van der Waals surface area contributed by atoms with E-state index in [2.05, 4.69) is 18.8 Å². The van der Waals surface area contributed by atoms with Crippen LogP contribution in [-0.2, 0) is 24.5 Å². The maximum Gasteiger partial charge on any atom is 0.305 e. The standard InChI is InChI=1S/C22H27N3O5S2/c1-22(2)15-10-9-11(16(15)31-18-17(22)32-21(29)23-18)14-13(10)19(27)25(20(14)28)4-3-12(26)24-5-7-30-8-6-24/h10-11,13-16H,3-9H2,1-2H3,(H,23,29)/t10-,11-,13-,14-,15-,16+/m1/s1. The molecule has 0 radical (unpaired) electrons. The second-order valence-electron chi connectivity index (χ2n) is 10.2. The number of carbonyl (C=O) groups is 3. The lowest BCUT2D eigenvalue weighted by Crippen LogP contribution is -2.48. The first-order valence-electron chi connectivity index (χ1n) is 11.4. The van der Waals surface area contributed by atoms with Crippen molar-refractivity contribution in [3.8, 4) is 0 Å². The zero-order valence-electron chi connectivity index (χ0n) is 18.2. The lowest BCUT2D eigenvalue weighted by molar-refractivity contribution is -0.142. The molecule has 0 unspecified atom stereocenters. The van der Waals surface area contributed by atoms with E-state index in [1.807, 2.05) is 0 Å². The van der Waals surface area contributed by atoms with E-state index in [9.17, 15) is 19.2 Å². The Morgan fingerprint density at radius 3 is 2.53 bits per heavy atom. The van der Waals surface area contributed by atoms with Crippen LogP contribution in [0.5, 0.6) is 0 Å². The molecule has 1 aromatic rings. The zero-order valence-corrected chi connectivity index (χ0v) is 19.8. The molecule has 2 saturated carbocycles. The van der Waals surface area contributed by atoms with Crippen LogP contribution in [0.1, 0.15) is 31.6 Å². The molecule has 6 atom stereocenters. The first-order chi connectivity index (χ1) is 15.3. The number of nitrogens with one attached hydrogen (secondary N) is 1. The largest absolute Gasteiger partial charge is 0.378 e. The van der Waals surface area contributed by atoms with E-state index in [-0.39, 0.29) is 75.8 Å². The van der Waals surface area contributed by atoms with Crippen LogP contribution in [0, 0.1) is 29.6 Å². The number of likely N-dealkylation sites (tertiary alicyclic amines) is 1. The number of thioether (sulfide) groups is 1. The van der Waals surface area contributed by atoms with Gasteiger partial charge < -0.3 is 14.6 Å². The summed E-state index contributed by atoms with van der Waals surface area (Å²) in [5, 5.41) is 1.18. The molecular formula is C22H27N3O5S2. The highest BCUT2D eigenvalue weighted by Crippen LogP contribution is 2.68. The summed E-state index contributed by atoms with van der Waals surface area (Å²) in [6, 6.07) is 0. The van der Waals surface area contributed by atoms with Crippen molar-refractivity contribution in [2.45, 2.75) is 42.4 Å². The summed E-state index contributed by atoms with van der Waals surface area (Å²) >= 11 is 2.98. The van der Waals surface area contributed by atoms with Crippen LogP contribution in [-0.4, -0.2) is 70.6 Å². The first-order valence-corrected chi connectivity index (χ1v) is 13.1. The lowest BCUT2D eigenvalue weighted by Gasteiger charge is -2.47. The average molecular weight is 478 g/mol.